The zero-order valence-corrected chi connectivity index (χ0v) is 14.4. The lowest BCUT2D eigenvalue weighted by Crippen LogP contribution is -2.23. The topological polar surface area (TPSA) is 33.7 Å². The van der Waals surface area contributed by atoms with E-state index in [4.69, 9.17) is 5.41 Å². The molecule has 2 heterocycles. The van der Waals surface area contributed by atoms with Crippen molar-refractivity contribution in [2.75, 3.05) is 0 Å². The van der Waals surface area contributed by atoms with E-state index < -0.39 is 0 Å². The molecular formula is C19H18BrN3. The fourth-order valence-electron chi connectivity index (χ4n) is 3.23. The quantitative estimate of drug-likeness (QED) is 0.517. The smallest absolute Gasteiger partial charge is 0.207 e. The predicted octanol–water partition coefficient (Wildman–Crippen LogP) is 4.09. The van der Waals surface area contributed by atoms with Gasteiger partial charge in [-0.15, -0.1) is 23.6 Å². The first-order valence-electron chi connectivity index (χ1n) is 7.44. The number of fused-ring (bicyclic) bond motifs is 5. The summed E-state index contributed by atoms with van der Waals surface area (Å²) in [7, 11) is 0. The summed E-state index contributed by atoms with van der Waals surface area (Å²) in [6.07, 6.45) is 4.79. The van der Waals surface area contributed by atoms with Crippen molar-refractivity contribution in [2.45, 2.75) is 13.0 Å². The van der Waals surface area contributed by atoms with Gasteiger partial charge in [-0.2, -0.15) is 0 Å². The third kappa shape index (κ3) is 2.39. The molecule has 0 aliphatic carbocycles. The number of para-hydroxylation sites is 1. The van der Waals surface area contributed by atoms with Crippen LogP contribution in [0, 0.1) is 5.41 Å². The molecule has 3 aromatic rings. The number of imidazole rings is 1. The van der Waals surface area contributed by atoms with Gasteiger partial charge in [0.1, 0.15) is 0 Å². The van der Waals surface area contributed by atoms with Crippen LogP contribution in [0.4, 0.5) is 0 Å². The molecule has 0 unspecified atom stereocenters. The summed E-state index contributed by atoms with van der Waals surface area (Å²) in [5.41, 5.74) is 6.42. The summed E-state index contributed by atoms with van der Waals surface area (Å²) in [5.74, 6) is 0. The SMILES string of the molecule is Br.C=CCn1cc2n(c1=N)-c1ccccc1Cc1ccccc1-2. The molecule has 0 atom stereocenters. The first-order valence-corrected chi connectivity index (χ1v) is 7.44. The highest BCUT2D eigenvalue weighted by Crippen LogP contribution is 2.32. The molecule has 23 heavy (non-hydrogen) atoms. The molecule has 0 saturated carbocycles. The number of nitrogens with one attached hydrogen (secondary N) is 1. The largest absolute Gasteiger partial charge is 0.313 e. The Bertz CT molecular complexity index is 934. The van der Waals surface area contributed by atoms with Gasteiger partial charge in [0.15, 0.2) is 0 Å². The lowest BCUT2D eigenvalue weighted by Gasteiger charge is -2.08. The first-order chi connectivity index (χ1) is 10.8. The van der Waals surface area contributed by atoms with Crippen LogP contribution >= 0.6 is 17.0 Å². The third-order valence-corrected chi connectivity index (χ3v) is 4.24. The van der Waals surface area contributed by atoms with Crippen LogP contribution in [0.25, 0.3) is 16.9 Å². The summed E-state index contributed by atoms with van der Waals surface area (Å²) in [4.78, 5) is 0. The van der Waals surface area contributed by atoms with Crippen molar-refractivity contribution in [2.24, 2.45) is 0 Å². The number of halogens is 1. The highest BCUT2D eigenvalue weighted by atomic mass is 79.9. The third-order valence-electron chi connectivity index (χ3n) is 4.24. The van der Waals surface area contributed by atoms with E-state index in [1.165, 1.54) is 16.7 Å². The number of aromatic nitrogens is 2. The molecule has 0 spiro atoms. The van der Waals surface area contributed by atoms with E-state index in [2.05, 4.69) is 55.2 Å². The summed E-state index contributed by atoms with van der Waals surface area (Å²) >= 11 is 0. The lowest BCUT2D eigenvalue weighted by atomic mass is 9.99. The van der Waals surface area contributed by atoms with Crippen LogP contribution in [0.2, 0.25) is 0 Å². The zero-order valence-electron chi connectivity index (χ0n) is 12.7. The maximum Gasteiger partial charge on any atom is 0.207 e. The van der Waals surface area contributed by atoms with Gasteiger partial charge in [0.25, 0.3) is 0 Å². The Balaban J connectivity index is 0.00000156. The first kappa shape index (κ1) is 15.6. The van der Waals surface area contributed by atoms with Crippen LogP contribution in [0.1, 0.15) is 11.1 Å². The van der Waals surface area contributed by atoms with Gasteiger partial charge in [0.05, 0.1) is 11.4 Å². The van der Waals surface area contributed by atoms with E-state index in [1.54, 1.807) is 0 Å². The standard InChI is InChI=1S/C19H17N3.BrH/c1-2-11-21-13-18-16-9-5-3-7-14(16)12-15-8-4-6-10-17(15)22(18)19(21)20;/h2-10,13,20H,1,11-12H2;1H. The second kappa shape index (κ2) is 6.05. The molecule has 0 fully saturated rings. The molecule has 3 nitrogen and oxygen atoms in total. The van der Waals surface area contributed by atoms with Crippen molar-refractivity contribution in [3.63, 3.8) is 0 Å². The van der Waals surface area contributed by atoms with Crippen LogP contribution in [-0.2, 0) is 13.0 Å². The molecular weight excluding hydrogens is 350 g/mol. The van der Waals surface area contributed by atoms with Gasteiger partial charge >= 0.3 is 0 Å². The minimum atomic E-state index is 0. The average molecular weight is 368 g/mol. The van der Waals surface area contributed by atoms with Crippen LogP contribution in [0.3, 0.4) is 0 Å². The van der Waals surface area contributed by atoms with Crippen molar-refractivity contribution in [3.8, 4) is 16.9 Å². The molecule has 2 aromatic carbocycles. The van der Waals surface area contributed by atoms with Gasteiger partial charge in [-0.1, -0.05) is 48.5 Å². The summed E-state index contributed by atoms with van der Waals surface area (Å²) in [6, 6.07) is 16.8. The van der Waals surface area contributed by atoms with E-state index >= 15 is 0 Å². The highest BCUT2D eigenvalue weighted by Gasteiger charge is 2.20. The summed E-state index contributed by atoms with van der Waals surface area (Å²) in [6.45, 7) is 4.44. The normalized spacial score (nSPS) is 11.5. The fourth-order valence-corrected chi connectivity index (χ4v) is 3.23. The molecule has 1 aromatic heterocycles. The van der Waals surface area contributed by atoms with Gasteiger partial charge in [0.2, 0.25) is 5.62 Å². The van der Waals surface area contributed by atoms with Gasteiger partial charge in [-0.3, -0.25) is 9.98 Å². The van der Waals surface area contributed by atoms with Gasteiger partial charge in [-0.25, -0.2) is 0 Å². The van der Waals surface area contributed by atoms with E-state index in [0.29, 0.717) is 12.2 Å². The maximum absolute atomic E-state index is 8.56. The Kier molecular flexibility index (Phi) is 4.09. The van der Waals surface area contributed by atoms with Crippen molar-refractivity contribution >= 4 is 17.0 Å². The van der Waals surface area contributed by atoms with Crippen LogP contribution in [0.5, 0.6) is 0 Å². The molecule has 0 saturated heterocycles. The van der Waals surface area contributed by atoms with Crippen molar-refractivity contribution in [1.29, 1.82) is 5.41 Å². The summed E-state index contributed by atoms with van der Waals surface area (Å²) < 4.78 is 3.98. The zero-order chi connectivity index (χ0) is 15.1. The molecule has 0 bridgehead atoms. The molecule has 1 N–H and O–H groups in total. The number of rotatable bonds is 2. The van der Waals surface area contributed by atoms with E-state index in [0.717, 1.165) is 17.8 Å². The van der Waals surface area contributed by atoms with Crippen LogP contribution in [0.15, 0.2) is 67.4 Å². The Labute approximate surface area is 145 Å². The monoisotopic (exact) mass is 367 g/mol. The Morgan fingerprint density at radius 1 is 1.04 bits per heavy atom. The lowest BCUT2D eigenvalue weighted by molar-refractivity contribution is 0.718. The number of hydrogen-bond donors (Lipinski definition) is 1. The Morgan fingerprint density at radius 2 is 1.74 bits per heavy atom. The molecule has 1 aliphatic heterocycles. The van der Waals surface area contributed by atoms with Crippen molar-refractivity contribution < 1.29 is 0 Å². The second-order valence-corrected chi connectivity index (χ2v) is 5.58. The van der Waals surface area contributed by atoms with Gasteiger partial charge in [0, 0.05) is 24.7 Å². The van der Waals surface area contributed by atoms with Crippen molar-refractivity contribution in [1.82, 2.24) is 9.13 Å². The van der Waals surface area contributed by atoms with E-state index in [-0.39, 0.29) is 17.0 Å². The van der Waals surface area contributed by atoms with Gasteiger partial charge < -0.3 is 4.57 Å². The number of allylic oxidation sites excluding steroid dienone is 1. The Morgan fingerprint density at radius 3 is 2.52 bits per heavy atom. The molecule has 4 rings (SSSR count). The number of hydrogen-bond acceptors (Lipinski definition) is 1. The molecule has 1 aliphatic rings. The van der Waals surface area contributed by atoms with E-state index in [1.807, 2.05) is 21.3 Å². The van der Waals surface area contributed by atoms with Gasteiger partial charge in [-0.05, 0) is 17.2 Å². The van der Waals surface area contributed by atoms with Crippen LogP contribution in [-0.4, -0.2) is 9.13 Å². The molecule has 0 amide bonds. The average Bonchev–Trinajstić information content (AvgIpc) is 2.78. The minimum Gasteiger partial charge on any atom is -0.313 e. The maximum atomic E-state index is 8.56. The van der Waals surface area contributed by atoms with E-state index in [9.17, 15) is 0 Å². The number of benzene rings is 2. The predicted molar refractivity (Wildman–Crippen MR) is 98.4 cm³/mol. The molecule has 116 valence electrons. The minimum absolute atomic E-state index is 0. The molecule has 0 radical (unpaired) electrons. The highest BCUT2D eigenvalue weighted by molar-refractivity contribution is 8.93. The van der Waals surface area contributed by atoms with Crippen molar-refractivity contribution in [3.05, 3.63) is 84.1 Å². The van der Waals surface area contributed by atoms with Crippen LogP contribution < -0.4 is 5.62 Å². The molecule has 4 heteroatoms. The number of nitrogens with zero attached hydrogens (tertiary/aromatic N) is 2. The Hall–Kier alpha value is -2.33. The second-order valence-electron chi connectivity index (χ2n) is 5.58. The fraction of sp³-hybridized carbons (Fsp3) is 0.105. The summed E-state index contributed by atoms with van der Waals surface area (Å²) in [5, 5.41) is 8.56.